The lowest BCUT2D eigenvalue weighted by Gasteiger charge is -2.33. The lowest BCUT2D eigenvalue weighted by atomic mass is 10.1. The van der Waals surface area contributed by atoms with Gasteiger partial charge in [-0.2, -0.15) is 5.10 Å². The number of hydrogen-bond donors (Lipinski definition) is 2. The van der Waals surface area contributed by atoms with E-state index in [1.165, 1.54) is 6.20 Å². The third-order valence-corrected chi connectivity index (χ3v) is 3.04. The van der Waals surface area contributed by atoms with Crippen molar-refractivity contribution >= 4 is 11.8 Å². The van der Waals surface area contributed by atoms with E-state index in [2.05, 4.69) is 29.4 Å². The number of H-pyrrole nitrogens is 1. The molecule has 2 N–H and O–H groups in total. The molecule has 0 bridgehead atoms. The van der Waals surface area contributed by atoms with Gasteiger partial charge in [-0.15, -0.1) is 0 Å². The Labute approximate surface area is 117 Å². The molecule has 0 radical (unpaired) electrons. The quantitative estimate of drug-likeness (QED) is 0.796. The average Bonchev–Trinajstić information content (AvgIpc) is 2.92. The van der Waals surface area contributed by atoms with Crippen molar-refractivity contribution in [1.29, 1.82) is 0 Å². The van der Waals surface area contributed by atoms with Crippen LogP contribution in [0, 0.1) is 5.92 Å². The molecule has 0 aliphatic carbocycles. The molecule has 0 spiro atoms. The first kappa shape index (κ1) is 14.5. The summed E-state index contributed by atoms with van der Waals surface area (Å²) in [7, 11) is 0. The van der Waals surface area contributed by atoms with Gasteiger partial charge in [-0.05, 0) is 12.0 Å². The van der Waals surface area contributed by atoms with Crippen molar-refractivity contribution in [3.05, 3.63) is 18.0 Å². The number of aromatic nitrogens is 2. The van der Waals surface area contributed by atoms with Gasteiger partial charge in [-0.1, -0.05) is 13.8 Å². The Morgan fingerprint density at radius 1 is 1.65 bits per heavy atom. The van der Waals surface area contributed by atoms with Crippen LogP contribution in [0.4, 0.5) is 0 Å². The Morgan fingerprint density at radius 2 is 2.45 bits per heavy atom. The second-order valence-electron chi connectivity index (χ2n) is 5.31. The van der Waals surface area contributed by atoms with E-state index >= 15 is 0 Å². The lowest BCUT2D eigenvalue weighted by Crippen LogP contribution is -2.51. The van der Waals surface area contributed by atoms with Crippen molar-refractivity contribution in [1.82, 2.24) is 20.4 Å². The molecule has 0 saturated carbocycles. The summed E-state index contributed by atoms with van der Waals surface area (Å²) in [6, 6.07) is 1.60. The summed E-state index contributed by atoms with van der Waals surface area (Å²) in [6.45, 7) is 5.82. The van der Waals surface area contributed by atoms with Crippen molar-refractivity contribution in [2.75, 3.05) is 26.2 Å². The highest BCUT2D eigenvalue weighted by Gasteiger charge is 2.26. The molecule has 1 aromatic rings. The van der Waals surface area contributed by atoms with Gasteiger partial charge < -0.3 is 15.0 Å². The molecular weight excluding hydrogens is 260 g/mol. The molecule has 2 rings (SSSR count). The van der Waals surface area contributed by atoms with Gasteiger partial charge in [0.15, 0.2) is 0 Å². The molecule has 0 aromatic carbocycles. The van der Waals surface area contributed by atoms with Gasteiger partial charge in [0.25, 0.3) is 5.91 Å². The van der Waals surface area contributed by atoms with E-state index in [4.69, 9.17) is 4.74 Å². The van der Waals surface area contributed by atoms with Crippen LogP contribution >= 0.6 is 0 Å². The first-order valence-electron chi connectivity index (χ1n) is 6.73. The van der Waals surface area contributed by atoms with Gasteiger partial charge in [0.2, 0.25) is 5.91 Å². The summed E-state index contributed by atoms with van der Waals surface area (Å²) in [4.78, 5) is 25.2. The summed E-state index contributed by atoms with van der Waals surface area (Å²) in [6.07, 6.45) is 1.35. The SMILES string of the molecule is CC(C)CN1CC(CNC(=O)c2ccn[nH]2)OCC1=O. The van der Waals surface area contributed by atoms with Gasteiger partial charge >= 0.3 is 0 Å². The topological polar surface area (TPSA) is 87.3 Å². The van der Waals surface area contributed by atoms with Crippen LogP contribution in [0.15, 0.2) is 12.3 Å². The second-order valence-corrected chi connectivity index (χ2v) is 5.31. The van der Waals surface area contributed by atoms with E-state index in [9.17, 15) is 9.59 Å². The zero-order valence-electron chi connectivity index (χ0n) is 11.8. The van der Waals surface area contributed by atoms with Crippen molar-refractivity contribution < 1.29 is 14.3 Å². The fourth-order valence-electron chi connectivity index (χ4n) is 2.11. The van der Waals surface area contributed by atoms with E-state index < -0.39 is 0 Å². The van der Waals surface area contributed by atoms with Crippen LogP contribution in [0.3, 0.4) is 0 Å². The normalized spacial score (nSPS) is 19.4. The predicted molar refractivity (Wildman–Crippen MR) is 72.1 cm³/mol. The molecular formula is C13H20N4O3. The van der Waals surface area contributed by atoms with E-state index in [-0.39, 0.29) is 24.5 Å². The zero-order chi connectivity index (χ0) is 14.5. The first-order chi connectivity index (χ1) is 9.56. The minimum atomic E-state index is -0.224. The standard InChI is InChI=1S/C13H20N4O3/c1-9(2)6-17-7-10(20-8-12(17)18)5-14-13(19)11-3-4-15-16-11/h3-4,9-10H,5-8H2,1-2H3,(H,14,19)(H,15,16). The van der Waals surface area contributed by atoms with Crippen LogP contribution in [0.2, 0.25) is 0 Å². The van der Waals surface area contributed by atoms with Crippen LogP contribution in [0.5, 0.6) is 0 Å². The smallest absolute Gasteiger partial charge is 0.269 e. The molecule has 2 amide bonds. The summed E-state index contributed by atoms with van der Waals surface area (Å²) >= 11 is 0. The highest BCUT2D eigenvalue weighted by atomic mass is 16.5. The van der Waals surface area contributed by atoms with Crippen molar-refractivity contribution in [3.63, 3.8) is 0 Å². The summed E-state index contributed by atoms with van der Waals surface area (Å²) < 4.78 is 5.44. The minimum Gasteiger partial charge on any atom is -0.365 e. The second kappa shape index (κ2) is 6.51. The Bertz CT molecular complexity index is 458. The molecule has 1 atom stereocenters. The molecule has 110 valence electrons. The number of ether oxygens (including phenoxy) is 1. The molecule has 1 saturated heterocycles. The van der Waals surface area contributed by atoms with Crippen molar-refractivity contribution in [2.24, 2.45) is 5.92 Å². The molecule has 1 aliphatic rings. The number of amides is 2. The molecule has 7 nitrogen and oxygen atoms in total. The maximum absolute atomic E-state index is 11.8. The highest BCUT2D eigenvalue weighted by molar-refractivity contribution is 5.92. The summed E-state index contributed by atoms with van der Waals surface area (Å²) in [5, 5.41) is 9.09. The molecule has 1 aliphatic heterocycles. The molecule has 7 heteroatoms. The summed E-state index contributed by atoms with van der Waals surface area (Å²) in [5.41, 5.74) is 0.413. The maximum atomic E-state index is 11.8. The minimum absolute atomic E-state index is 0.00912. The van der Waals surface area contributed by atoms with E-state index in [1.807, 2.05) is 0 Å². The highest BCUT2D eigenvalue weighted by Crippen LogP contribution is 2.09. The third-order valence-electron chi connectivity index (χ3n) is 3.04. The number of nitrogens with zero attached hydrogens (tertiary/aromatic N) is 2. The number of carbonyl (C=O) groups excluding carboxylic acids is 2. The van der Waals surface area contributed by atoms with Crippen molar-refractivity contribution in [2.45, 2.75) is 20.0 Å². The van der Waals surface area contributed by atoms with Gasteiger partial charge in [0.05, 0.1) is 6.10 Å². The van der Waals surface area contributed by atoms with Gasteiger partial charge in [0.1, 0.15) is 12.3 Å². The number of nitrogens with one attached hydrogen (secondary N) is 2. The van der Waals surface area contributed by atoms with Crippen molar-refractivity contribution in [3.8, 4) is 0 Å². The first-order valence-corrected chi connectivity index (χ1v) is 6.73. The monoisotopic (exact) mass is 280 g/mol. The van der Waals surface area contributed by atoms with Crippen LogP contribution in [-0.4, -0.2) is 59.3 Å². The molecule has 1 aromatic heterocycles. The third kappa shape index (κ3) is 3.80. The average molecular weight is 280 g/mol. The van der Waals surface area contributed by atoms with Crippen LogP contribution < -0.4 is 5.32 Å². The van der Waals surface area contributed by atoms with E-state index in [0.717, 1.165) is 0 Å². The molecule has 1 fully saturated rings. The number of morpholine rings is 1. The Morgan fingerprint density at radius 3 is 3.10 bits per heavy atom. The fourth-order valence-corrected chi connectivity index (χ4v) is 2.11. The number of carbonyl (C=O) groups is 2. The van der Waals surface area contributed by atoms with E-state index in [0.29, 0.717) is 31.2 Å². The number of rotatable bonds is 5. The van der Waals surface area contributed by atoms with Gasteiger partial charge in [-0.3, -0.25) is 14.7 Å². The predicted octanol–water partition coefficient (Wildman–Crippen LogP) is 0.0229. The van der Waals surface area contributed by atoms with Crippen LogP contribution in [0.25, 0.3) is 0 Å². The van der Waals surface area contributed by atoms with Gasteiger partial charge in [0, 0.05) is 25.8 Å². The largest absolute Gasteiger partial charge is 0.365 e. The molecule has 2 heterocycles. The zero-order valence-corrected chi connectivity index (χ0v) is 11.8. The Kier molecular flexibility index (Phi) is 4.73. The summed E-state index contributed by atoms with van der Waals surface area (Å²) in [5.74, 6) is 0.200. The maximum Gasteiger partial charge on any atom is 0.269 e. The van der Waals surface area contributed by atoms with Crippen LogP contribution in [-0.2, 0) is 9.53 Å². The van der Waals surface area contributed by atoms with E-state index in [1.54, 1.807) is 11.0 Å². The number of aromatic amines is 1. The Hall–Kier alpha value is -1.89. The molecule has 1 unspecified atom stereocenters. The van der Waals surface area contributed by atoms with Gasteiger partial charge in [-0.25, -0.2) is 0 Å². The lowest BCUT2D eigenvalue weighted by molar-refractivity contribution is -0.149. The molecule has 20 heavy (non-hydrogen) atoms. The Balaban J connectivity index is 1.81. The fraction of sp³-hybridized carbons (Fsp3) is 0.615. The number of hydrogen-bond acceptors (Lipinski definition) is 4. The van der Waals surface area contributed by atoms with Crippen LogP contribution in [0.1, 0.15) is 24.3 Å².